The third-order valence-corrected chi connectivity index (χ3v) is 10.2. The van der Waals surface area contributed by atoms with Gasteiger partial charge in [0.1, 0.15) is 5.82 Å². The van der Waals surface area contributed by atoms with Gasteiger partial charge in [0.15, 0.2) is 0 Å². The molecular formula is C27H23ClN4O4S2. The normalized spacial score (nSPS) is 16.8. The molecule has 0 aliphatic carbocycles. The highest BCUT2D eigenvalue weighted by Gasteiger charge is 2.38. The second-order valence-electron chi connectivity index (χ2n) is 9.20. The molecule has 1 aliphatic rings. The average molecular weight is 567 g/mol. The van der Waals surface area contributed by atoms with Crippen LogP contribution in [0.1, 0.15) is 24.7 Å². The minimum atomic E-state index is -3.80. The summed E-state index contributed by atoms with van der Waals surface area (Å²) in [6.45, 7) is 0.375. The Hall–Kier alpha value is -3.44. The zero-order valence-corrected chi connectivity index (χ0v) is 22.4. The van der Waals surface area contributed by atoms with Crippen LogP contribution >= 0.6 is 11.6 Å². The third-order valence-electron chi connectivity index (χ3n) is 6.71. The van der Waals surface area contributed by atoms with Crippen LogP contribution in [0, 0.1) is 0 Å². The molecule has 1 atom stereocenters. The maximum atomic E-state index is 13.7. The number of halogens is 1. The maximum absolute atomic E-state index is 13.7. The molecule has 38 heavy (non-hydrogen) atoms. The lowest BCUT2D eigenvalue weighted by Gasteiger charge is -2.22. The van der Waals surface area contributed by atoms with Crippen molar-refractivity contribution in [2.24, 2.45) is 0 Å². The highest BCUT2D eigenvalue weighted by Crippen LogP contribution is 2.37. The summed E-state index contributed by atoms with van der Waals surface area (Å²) in [5, 5.41) is 2.20. The summed E-state index contributed by atoms with van der Waals surface area (Å²) in [5.74, 6) is 0.521. The molecule has 4 aromatic carbocycles. The van der Waals surface area contributed by atoms with Crippen LogP contribution in [0.3, 0.4) is 0 Å². The quantitative estimate of drug-likeness (QED) is 0.274. The zero-order chi connectivity index (χ0) is 26.5. The minimum Gasteiger partial charge on any atom is -0.341 e. The lowest BCUT2D eigenvalue weighted by Crippen LogP contribution is -2.31. The number of hydrogen-bond donors (Lipinski definition) is 2. The molecule has 1 aromatic heterocycles. The number of nitrogens with zero attached hydrogens (tertiary/aromatic N) is 2. The molecule has 6 rings (SSSR count). The molecule has 5 aromatic rings. The van der Waals surface area contributed by atoms with Crippen LogP contribution in [-0.4, -0.2) is 37.7 Å². The van der Waals surface area contributed by atoms with Crippen LogP contribution < -0.4 is 4.72 Å². The summed E-state index contributed by atoms with van der Waals surface area (Å²) in [5.41, 5.74) is 1.60. The van der Waals surface area contributed by atoms with Crippen molar-refractivity contribution in [3.05, 3.63) is 95.8 Å². The van der Waals surface area contributed by atoms with E-state index in [9.17, 15) is 16.8 Å². The standard InChI is InChI=1S/C27H23ClN4O4S2/c28-20-10-8-18-9-12-23(16-19(18)15-20)38(35,36)32-14-4-7-26(32)27-29-24-13-11-21(17-25(24)30-27)31-37(33,34)22-5-2-1-3-6-22/h1-3,5-6,8-13,15-17,26,31H,4,7,14H2,(H,29,30). The number of hydrogen-bond acceptors (Lipinski definition) is 5. The van der Waals surface area contributed by atoms with Gasteiger partial charge < -0.3 is 4.98 Å². The van der Waals surface area contributed by atoms with Crippen molar-refractivity contribution < 1.29 is 16.8 Å². The smallest absolute Gasteiger partial charge is 0.261 e. The number of aromatic amines is 1. The van der Waals surface area contributed by atoms with Gasteiger partial charge in [-0.1, -0.05) is 41.9 Å². The fraction of sp³-hybridized carbons (Fsp3) is 0.148. The summed E-state index contributed by atoms with van der Waals surface area (Å²) >= 11 is 6.12. The number of fused-ring (bicyclic) bond motifs is 2. The molecular weight excluding hydrogens is 544 g/mol. The van der Waals surface area contributed by atoms with Crippen LogP contribution in [0.15, 0.2) is 94.7 Å². The van der Waals surface area contributed by atoms with Crippen LogP contribution in [0.25, 0.3) is 21.8 Å². The first kappa shape index (κ1) is 24.9. The van der Waals surface area contributed by atoms with Crippen molar-refractivity contribution in [1.82, 2.24) is 14.3 Å². The molecule has 0 saturated carbocycles. The van der Waals surface area contributed by atoms with Crippen molar-refractivity contribution in [2.75, 3.05) is 11.3 Å². The van der Waals surface area contributed by atoms with Crippen LogP contribution in [0.5, 0.6) is 0 Å². The third kappa shape index (κ3) is 4.54. The summed E-state index contributed by atoms with van der Waals surface area (Å²) < 4.78 is 56.9. The monoisotopic (exact) mass is 566 g/mol. The van der Waals surface area contributed by atoms with Crippen molar-refractivity contribution >= 4 is 59.1 Å². The maximum Gasteiger partial charge on any atom is 0.261 e. The number of imidazole rings is 1. The second-order valence-corrected chi connectivity index (χ2v) is 13.2. The van der Waals surface area contributed by atoms with E-state index in [1.165, 1.54) is 16.4 Å². The summed E-state index contributed by atoms with van der Waals surface area (Å²) in [4.78, 5) is 8.24. The van der Waals surface area contributed by atoms with Gasteiger partial charge in [-0.05, 0) is 78.2 Å². The molecule has 1 aliphatic heterocycles. The predicted molar refractivity (Wildman–Crippen MR) is 148 cm³/mol. The minimum absolute atomic E-state index is 0.160. The lowest BCUT2D eigenvalue weighted by molar-refractivity contribution is 0.386. The fourth-order valence-electron chi connectivity index (χ4n) is 4.86. The molecule has 194 valence electrons. The van der Waals surface area contributed by atoms with E-state index in [0.717, 1.165) is 10.8 Å². The molecule has 11 heteroatoms. The highest BCUT2D eigenvalue weighted by molar-refractivity contribution is 7.92. The van der Waals surface area contributed by atoms with Gasteiger partial charge in [-0.25, -0.2) is 21.8 Å². The van der Waals surface area contributed by atoms with E-state index in [1.807, 2.05) is 6.07 Å². The van der Waals surface area contributed by atoms with Crippen molar-refractivity contribution in [3.8, 4) is 0 Å². The first-order valence-electron chi connectivity index (χ1n) is 12.0. The number of aromatic nitrogens is 2. The number of anilines is 1. The van der Waals surface area contributed by atoms with E-state index in [1.54, 1.807) is 66.7 Å². The number of sulfonamides is 2. The summed E-state index contributed by atoms with van der Waals surface area (Å²) in [6.07, 6.45) is 1.31. The summed E-state index contributed by atoms with van der Waals surface area (Å²) in [6, 6.07) is 23.1. The Morgan fingerprint density at radius 1 is 0.868 bits per heavy atom. The van der Waals surface area contributed by atoms with Gasteiger partial charge in [0, 0.05) is 11.6 Å². The molecule has 2 heterocycles. The fourth-order valence-corrected chi connectivity index (χ4v) is 7.80. The van der Waals surface area contributed by atoms with E-state index in [2.05, 4.69) is 14.7 Å². The van der Waals surface area contributed by atoms with Crippen LogP contribution in [0.4, 0.5) is 5.69 Å². The molecule has 0 bridgehead atoms. The van der Waals surface area contributed by atoms with Gasteiger partial charge in [-0.15, -0.1) is 0 Å². The number of H-pyrrole nitrogens is 1. The van der Waals surface area contributed by atoms with Crippen LogP contribution in [0.2, 0.25) is 5.02 Å². The van der Waals surface area contributed by atoms with Gasteiger partial charge in [-0.3, -0.25) is 4.72 Å². The molecule has 0 amide bonds. The van der Waals surface area contributed by atoms with Gasteiger partial charge in [-0.2, -0.15) is 4.31 Å². The first-order valence-corrected chi connectivity index (χ1v) is 15.3. The highest BCUT2D eigenvalue weighted by atomic mass is 35.5. The SMILES string of the molecule is O=S(=O)(Nc1ccc2nc(C3CCCN3S(=O)(=O)c3ccc4ccc(Cl)cc4c3)[nH]c2c1)c1ccccc1. The Morgan fingerprint density at radius 3 is 2.47 bits per heavy atom. The Kier molecular flexibility index (Phi) is 6.14. The van der Waals surface area contributed by atoms with E-state index in [4.69, 9.17) is 11.6 Å². The number of nitrogens with one attached hydrogen (secondary N) is 2. The second kappa shape index (κ2) is 9.39. The lowest BCUT2D eigenvalue weighted by atomic mass is 10.1. The van der Waals surface area contributed by atoms with Crippen molar-refractivity contribution in [1.29, 1.82) is 0 Å². The zero-order valence-electron chi connectivity index (χ0n) is 20.0. The molecule has 1 fully saturated rings. The topological polar surface area (TPSA) is 112 Å². The van der Waals surface area contributed by atoms with Gasteiger partial charge in [0.05, 0.1) is 32.6 Å². The molecule has 2 N–H and O–H groups in total. The van der Waals surface area contributed by atoms with Gasteiger partial charge in [0.25, 0.3) is 10.0 Å². The molecule has 0 radical (unpaired) electrons. The van der Waals surface area contributed by atoms with Crippen molar-refractivity contribution in [3.63, 3.8) is 0 Å². The van der Waals surface area contributed by atoms with E-state index in [-0.39, 0.29) is 9.79 Å². The van der Waals surface area contributed by atoms with E-state index >= 15 is 0 Å². The van der Waals surface area contributed by atoms with Gasteiger partial charge >= 0.3 is 0 Å². The van der Waals surface area contributed by atoms with Crippen molar-refractivity contribution in [2.45, 2.75) is 28.7 Å². The molecule has 8 nitrogen and oxygen atoms in total. The average Bonchev–Trinajstić information content (AvgIpc) is 3.56. The van der Waals surface area contributed by atoms with Crippen LogP contribution in [-0.2, 0) is 20.0 Å². The predicted octanol–water partition coefficient (Wildman–Crippen LogP) is 5.70. The Balaban J connectivity index is 1.30. The largest absolute Gasteiger partial charge is 0.341 e. The van der Waals surface area contributed by atoms with Gasteiger partial charge in [0.2, 0.25) is 10.0 Å². The first-order chi connectivity index (χ1) is 18.2. The molecule has 1 unspecified atom stereocenters. The Labute approximate surface area is 225 Å². The van der Waals surface area contributed by atoms with E-state index < -0.39 is 26.1 Å². The number of rotatable bonds is 6. The number of benzene rings is 4. The Bertz CT molecular complexity index is 1890. The summed E-state index contributed by atoms with van der Waals surface area (Å²) in [7, 11) is -7.55. The molecule has 1 saturated heterocycles. The van der Waals surface area contributed by atoms with E-state index in [0.29, 0.717) is 47.0 Å². The molecule has 0 spiro atoms. The Morgan fingerprint density at radius 2 is 1.66 bits per heavy atom.